The molecular formula is C7H12O5S. The van der Waals surface area contributed by atoms with Crippen molar-refractivity contribution in [2.24, 2.45) is 5.92 Å². The van der Waals surface area contributed by atoms with Crippen molar-refractivity contribution in [1.82, 2.24) is 0 Å². The van der Waals surface area contributed by atoms with Crippen LogP contribution in [-0.4, -0.2) is 41.7 Å². The van der Waals surface area contributed by atoms with Gasteiger partial charge in [0.25, 0.3) is 0 Å². The SMILES string of the molecule is CC1C(C(O)C(=O)O)CCS1(=O)=O. The monoisotopic (exact) mass is 208 g/mol. The van der Waals surface area contributed by atoms with Gasteiger partial charge in [0.05, 0.1) is 11.0 Å². The largest absolute Gasteiger partial charge is 0.479 e. The summed E-state index contributed by atoms with van der Waals surface area (Å²) >= 11 is 0. The number of rotatable bonds is 2. The van der Waals surface area contributed by atoms with Gasteiger partial charge in [-0.25, -0.2) is 13.2 Å². The molecule has 0 aromatic carbocycles. The summed E-state index contributed by atoms with van der Waals surface area (Å²) in [5.74, 6) is -2.04. The summed E-state index contributed by atoms with van der Waals surface area (Å²) < 4.78 is 22.4. The minimum absolute atomic E-state index is 0.0246. The number of aliphatic hydroxyl groups excluding tert-OH is 1. The number of carbonyl (C=O) groups is 1. The quantitative estimate of drug-likeness (QED) is 0.623. The van der Waals surface area contributed by atoms with Crippen molar-refractivity contribution >= 4 is 15.8 Å². The number of carboxylic acids is 1. The van der Waals surface area contributed by atoms with Crippen LogP contribution in [0.4, 0.5) is 0 Å². The molecular weight excluding hydrogens is 196 g/mol. The average molecular weight is 208 g/mol. The number of carboxylic acid groups (broad SMARTS) is 1. The predicted octanol–water partition coefficient (Wildman–Crippen LogP) is -0.745. The summed E-state index contributed by atoms with van der Waals surface area (Å²) in [6.45, 7) is 1.44. The van der Waals surface area contributed by atoms with Crippen molar-refractivity contribution in [1.29, 1.82) is 0 Å². The first-order valence-electron chi connectivity index (χ1n) is 3.98. The third-order valence-corrected chi connectivity index (χ3v) is 4.85. The fourth-order valence-electron chi connectivity index (χ4n) is 1.58. The maximum Gasteiger partial charge on any atom is 0.332 e. The highest BCUT2D eigenvalue weighted by atomic mass is 32.2. The van der Waals surface area contributed by atoms with E-state index in [1.807, 2.05) is 0 Å². The van der Waals surface area contributed by atoms with Crippen LogP contribution in [0.15, 0.2) is 0 Å². The molecule has 0 amide bonds. The highest BCUT2D eigenvalue weighted by Gasteiger charge is 2.42. The van der Waals surface area contributed by atoms with Gasteiger partial charge in [-0.2, -0.15) is 0 Å². The van der Waals surface area contributed by atoms with Crippen LogP contribution in [0.25, 0.3) is 0 Å². The van der Waals surface area contributed by atoms with E-state index in [0.29, 0.717) is 0 Å². The summed E-state index contributed by atoms with van der Waals surface area (Å²) in [4.78, 5) is 10.4. The van der Waals surface area contributed by atoms with Gasteiger partial charge in [-0.05, 0) is 13.3 Å². The Morgan fingerprint density at radius 1 is 1.54 bits per heavy atom. The first kappa shape index (κ1) is 10.5. The molecule has 0 aromatic heterocycles. The molecule has 0 spiro atoms. The average Bonchev–Trinajstić information content (AvgIpc) is 2.27. The Morgan fingerprint density at radius 3 is 2.38 bits per heavy atom. The second-order valence-electron chi connectivity index (χ2n) is 3.31. The number of aliphatic carboxylic acids is 1. The Labute approximate surface area is 76.3 Å². The lowest BCUT2D eigenvalue weighted by Crippen LogP contribution is -2.34. The lowest BCUT2D eigenvalue weighted by atomic mass is 9.97. The predicted molar refractivity (Wildman–Crippen MR) is 45.0 cm³/mol. The topological polar surface area (TPSA) is 91.7 Å². The third kappa shape index (κ3) is 1.83. The van der Waals surface area contributed by atoms with Crippen LogP contribution < -0.4 is 0 Å². The maximum atomic E-state index is 11.2. The molecule has 0 saturated carbocycles. The van der Waals surface area contributed by atoms with Crippen molar-refractivity contribution < 1.29 is 23.4 Å². The van der Waals surface area contributed by atoms with Crippen LogP contribution in [0.5, 0.6) is 0 Å². The number of hydrogen-bond donors (Lipinski definition) is 2. The van der Waals surface area contributed by atoms with E-state index in [0.717, 1.165) is 0 Å². The Bertz CT molecular complexity index is 307. The van der Waals surface area contributed by atoms with Crippen molar-refractivity contribution in [3.63, 3.8) is 0 Å². The molecule has 3 unspecified atom stereocenters. The molecule has 3 atom stereocenters. The van der Waals surface area contributed by atoms with E-state index in [1.165, 1.54) is 6.92 Å². The van der Waals surface area contributed by atoms with Crippen LogP contribution in [-0.2, 0) is 14.6 Å². The summed E-state index contributed by atoms with van der Waals surface area (Å²) in [6.07, 6.45) is -1.33. The molecule has 0 radical (unpaired) electrons. The van der Waals surface area contributed by atoms with Gasteiger partial charge >= 0.3 is 5.97 Å². The Hall–Kier alpha value is -0.620. The van der Waals surface area contributed by atoms with Crippen molar-refractivity contribution in [3.8, 4) is 0 Å². The number of sulfone groups is 1. The Morgan fingerprint density at radius 2 is 2.08 bits per heavy atom. The van der Waals surface area contributed by atoms with Crippen LogP contribution in [0.3, 0.4) is 0 Å². The van der Waals surface area contributed by atoms with E-state index in [-0.39, 0.29) is 12.2 Å². The third-order valence-electron chi connectivity index (χ3n) is 2.56. The van der Waals surface area contributed by atoms with Crippen LogP contribution in [0.1, 0.15) is 13.3 Å². The maximum absolute atomic E-state index is 11.2. The van der Waals surface area contributed by atoms with E-state index in [2.05, 4.69) is 0 Å². The van der Waals surface area contributed by atoms with Crippen molar-refractivity contribution in [3.05, 3.63) is 0 Å². The standard InChI is InChI=1S/C7H12O5S/c1-4-5(6(8)7(9)10)2-3-13(4,11)12/h4-6,8H,2-3H2,1H3,(H,9,10). The number of hydrogen-bond acceptors (Lipinski definition) is 4. The van der Waals surface area contributed by atoms with Crippen molar-refractivity contribution in [2.75, 3.05) is 5.75 Å². The summed E-state index contributed by atoms with van der Waals surface area (Å²) in [7, 11) is -3.18. The van der Waals surface area contributed by atoms with Gasteiger partial charge in [0.2, 0.25) is 0 Å². The second-order valence-corrected chi connectivity index (χ2v) is 5.79. The Balaban J connectivity index is 2.82. The fraction of sp³-hybridized carbons (Fsp3) is 0.857. The lowest BCUT2D eigenvalue weighted by Gasteiger charge is -2.16. The zero-order chi connectivity index (χ0) is 10.2. The molecule has 0 aliphatic carbocycles. The molecule has 1 heterocycles. The first-order chi connectivity index (χ1) is 5.86. The normalized spacial score (nSPS) is 34.3. The minimum atomic E-state index is -3.18. The molecule has 2 N–H and O–H groups in total. The van der Waals surface area contributed by atoms with Gasteiger partial charge in [-0.3, -0.25) is 0 Å². The zero-order valence-electron chi connectivity index (χ0n) is 7.17. The van der Waals surface area contributed by atoms with Gasteiger partial charge in [-0.15, -0.1) is 0 Å². The fourth-order valence-corrected chi connectivity index (χ4v) is 3.38. The van der Waals surface area contributed by atoms with E-state index < -0.39 is 33.1 Å². The lowest BCUT2D eigenvalue weighted by molar-refractivity contribution is -0.149. The molecule has 76 valence electrons. The molecule has 6 heteroatoms. The minimum Gasteiger partial charge on any atom is -0.479 e. The zero-order valence-corrected chi connectivity index (χ0v) is 7.99. The first-order valence-corrected chi connectivity index (χ1v) is 5.70. The molecule has 0 aromatic rings. The van der Waals surface area contributed by atoms with Gasteiger partial charge in [-0.1, -0.05) is 0 Å². The van der Waals surface area contributed by atoms with E-state index in [9.17, 15) is 13.2 Å². The molecule has 1 saturated heterocycles. The van der Waals surface area contributed by atoms with Gasteiger partial charge in [0.1, 0.15) is 0 Å². The van der Waals surface area contributed by atoms with Gasteiger partial charge in [0.15, 0.2) is 15.9 Å². The molecule has 1 fully saturated rings. The molecule has 13 heavy (non-hydrogen) atoms. The molecule has 1 aliphatic heterocycles. The van der Waals surface area contributed by atoms with Crippen molar-refractivity contribution in [2.45, 2.75) is 24.7 Å². The highest BCUT2D eigenvalue weighted by molar-refractivity contribution is 7.92. The van der Waals surface area contributed by atoms with E-state index in [1.54, 1.807) is 0 Å². The van der Waals surface area contributed by atoms with E-state index >= 15 is 0 Å². The highest BCUT2D eigenvalue weighted by Crippen LogP contribution is 2.29. The molecule has 1 rings (SSSR count). The van der Waals surface area contributed by atoms with Crippen LogP contribution in [0.2, 0.25) is 0 Å². The van der Waals surface area contributed by atoms with Crippen LogP contribution in [0, 0.1) is 5.92 Å². The summed E-state index contributed by atoms with van der Waals surface area (Å²) in [5.41, 5.74) is 0. The van der Waals surface area contributed by atoms with Crippen LogP contribution >= 0.6 is 0 Å². The second kappa shape index (κ2) is 3.26. The Kier molecular flexibility index (Phi) is 2.63. The van der Waals surface area contributed by atoms with E-state index in [4.69, 9.17) is 10.2 Å². The summed E-state index contributed by atoms with van der Waals surface area (Å²) in [6, 6.07) is 0. The molecule has 5 nitrogen and oxygen atoms in total. The number of aliphatic hydroxyl groups is 1. The summed E-state index contributed by atoms with van der Waals surface area (Å²) in [5, 5.41) is 16.9. The molecule has 1 aliphatic rings. The molecule has 0 bridgehead atoms. The smallest absolute Gasteiger partial charge is 0.332 e. The van der Waals surface area contributed by atoms with Gasteiger partial charge < -0.3 is 10.2 Å². The van der Waals surface area contributed by atoms with Gasteiger partial charge in [0, 0.05) is 5.92 Å².